The Morgan fingerprint density at radius 3 is 2.20 bits per heavy atom. The molecule has 1 aromatic carbocycles. The summed E-state index contributed by atoms with van der Waals surface area (Å²) >= 11 is 0. The van der Waals surface area contributed by atoms with E-state index in [0.717, 1.165) is 12.1 Å². The van der Waals surface area contributed by atoms with E-state index in [9.17, 15) is 27.6 Å². The summed E-state index contributed by atoms with van der Waals surface area (Å²) in [5.41, 5.74) is -0.495. The molecule has 0 heterocycles. The summed E-state index contributed by atoms with van der Waals surface area (Å²) in [7, 11) is 0. The first-order valence-corrected chi connectivity index (χ1v) is 6.98. The fourth-order valence-electron chi connectivity index (χ4n) is 1.67. The second-order valence-electron chi connectivity index (χ2n) is 4.92. The number of aliphatic carboxylic acids is 1. The van der Waals surface area contributed by atoms with Crippen molar-refractivity contribution in [3.05, 3.63) is 47.5 Å². The van der Waals surface area contributed by atoms with Gasteiger partial charge in [0.15, 0.2) is 6.61 Å². The summed E-state index contributed by atoms with van der Waals surface area (Å²) in [4.78, 5) is 33.1. The molecule has 0 radical (unpaired) electrons. The van der Waals surface area contributed by atoms with Crippen LogP contribution in [0.15, 0.2) is 36.4 Å². The molecular formula is C16H15F3O6. The molecule has 6 nitrogen and oxygen atoms in total. The summed E-state index contributed by atoms with van der Waals surface area (Å²) in [5, 5.41) is 8.35. The number of ether oxygens (including phenoxy) is 2. The lowest BCUT2D eigenvalue weighted by atomic mass is 10.1. The van der Waals surface area contributed by atoms with E-state index in [0.29, 0.717) is 5.56 Å². The lowest BCUT2D eigenvalue weighted by Crippen LogP contribution is -2.17. The van der Waals surface area contributed by atoms with Gasteiger partial charge in [0, 0.05) is 12.0 Å². The van der Waals surface area contributed by atoms with Crippen LogP contribution in [0.25, 0.3) is 0 Å². The van der Waals surface area contributed by atoms with Gasteiger partial charge in [-0.05, 0) is 17.7 Å². The van der Waals surface area contributed by atoms with Crippen molar-refractivity contribution in [3.8, 4) is 0 Å². The summed E-state index contributed by atoms with van der Waals surface area (Å²) in [6.07, 6.45) is -4.70. The van der Waals surface area contributed by atoms with E-state index in [1.54, 1.807) is 0 Å². The van der Waals surface area contributed by atoms with Crippen molar-refractivity contribution in [2.45, 2.75) is 19.0 Å². The molecule has 0 spiro atoms. The van der Waals surface area contributed by atoms with Gasteiger partial charge in [-0.1, -0.05) is 18.7 Å². The van der Waals surface area contributed by atoms with Crippen LogP contribution in [0.4, 0.5) is 13.2 Å². The predicted octanol–water partition coefficient (Wildman–Crippen LogP) is 2.37. The van der Waals surface area contributed by atoms with Gasteiger partial charge in [0.05, 0.1) is 18.6 Å². The molecule has 0 fully saturated rings. The third kappa shape index (κ3) is 7.51. The molecule has 0 amide bonds. The van der Waals surface area contributed by atoms with Gasteiger partial charge in [0.1, 0.15) is 0 Å². The standard InChI is InChI=1S/C16H15F3O6/c1-10(15(23)25-9-13(20)21)8-14(22)24-7-6-11-2-4-12(5-3-11)16(17,18)19/h2-5H,1,6-9H2,(H,20,21). The molecule has 0 aromatic heterocycles. The van der Waals surface area contributed by atoms with Gasteiger partial charge in [-0.25, -0.2) is 9.59 Å². The number of carbonyl (C=O) groups excluding carboxylic acids is 2. The normalized spacial score (nSPS) is 10.8. The number of halogens is 3. The minimum Gasteiger partial charge on any atom is -0.479 e. The number of alkyl halides is 3. The first kappa shape index (κ1) is 20.2. The zero-order valence-electron chi connectivity index (χ0n) is 13.0. The first-order valence-electron chi connectivity index (χ1n) is 6.98. The highest BCUT2D eigenvalue weighted by molar-refractivity contribution is 5.94. The summed E-state index contributed by atoms with van der Waals surface area (Å²) < 4.78 is 46.4. The number of hydrogen-bond donors (Lipinski definition) is 1. The van der Waals surface area contributed by atoms with Crippen LogP contribution in [0.5, 0.6) is 0 Å². The van der Waals surface area contributed by atoms with Crippen molar-refractivity contribution in [2.24, 2.45) is 0 Å². The van der Waals surface area contributed by atoms with Crippen LogP contribution in [0.2, 0.25) is 0 Å². The fraction of sp³-hybridized carbons (Fsp3) is 0.312. The lowest BCUT2D eigenvalue weighted by molar-refractivity contribution is -0.153. The Labute approximate surface area is 140 Å². The largest absolute Gasteiger partial charge is 0.479 e. The van der Waals surface area contributed by atoms with E-state index in [1.807, 2.05) is 0 Å². The van der Waals surface area contributed by atoms with E-state index >= 15 is 0 Å². The van der Waals surface area contributed by atoms with E-state index in [1.165, 1.54) is 12.1 Å². The van der Waals surface area contributed by atoms with Crippen LogP contribution in [0.1, 0.15) is 17.5 Å². The van der Waals surface area contributed by atoms with Crippen molar-refractivity contribution in [2.75, 3.05) is 13.2 Å². The van der Waals surface area contributed by atoms with Crippen molar-refractivity contribution in [1.82, 2.24) is 0 Å². The zero-order chi connectivity index (χ0) is 19.0. The Morgan fingerprint density at radius 1 is 1.08 bits per heavy atom. The number of hydrogen-bond acceptors (Lipinski definition) is 5. The number of benzene rings is 1. The van der Waals surface area contributed by atoms with Crippen LogP contribution in [-0.2, 0) is 36.5 Å². The van der Waals surface area contributed by atoms with E-state index in [4.69, 9.17) is 9.84 Å². The molecule has 1 N–H and O–H groups in total. The maximum atomic E-state index is 12.4. The molecule has 1 aromatic rings. The smallest absolute Gasteiger partial charge is 0.416 e. The van der Waals surface area contributed by atoms with Crippen LogP contribution in [0.3, 0.4) is 0 Å². The van der Waals surface area contributed by atoms with Crippen LogP contribution < -0.4 is 0 Å². The molecule has 0 aliphatic rings. The Bertz CT molecular complexity index is 649. The molecule has 9 heteroatoms. The van der Waals surface area contributed by atoms with Crippen LogP contribution in [-0.4, -0.2) is 36.2 Å². The Hall–Kier alpha value is -2.84. The molecule has 0 unspecified atom stereocenters. The van der Waals surface area contributed by atoms with Gasteiger partial charge in [0.25, 0.3) is 0 Å². The Balaban J connectivity index is 2.36. The minimum absolute atomic E-state index is 0.0956. The SMILES string of the molecule is C=C(CC(=O)OCCc1ccc(C(F)(F)F)cc1)C(=O)OCC(=O)O. The van der Waals surface area contributed by atoms with Gasteiger partial charge in [-0.3, -0.25) is 4.79 Å². The number of carboxylic acids is 1. The fourth-order valence-corrected chi connectivity index (χ4v) is 1.67. The number of esters is 2. The van der Waals surface area contributed by atoms with E-state index < -0.39 is 42.7 Å². The number of carboxylic acid groups (broad SMARTS) is 1. The topological polar surface area (TPSA) is 89.9 Å². The van der Waals surface area contributed by atoms with Crippen LogP contribution >= 0.6 is 0 Å². The highest BCUT2D eigenvalue weighted by Gasteiger charge is 2.29. The van der Waals surface area contributed by atoms with Crippen molar-refractivity contribution >= 4 is 17.9 Å². The zero-order valence-corrected chi connectivity index (χ0v) is 13.0. The highest BCUT2D eigenvalue weighted by atomic mass is 19.4. The summed E-state index contributed by atoms with van der Waals surface area (Å²) in [6, 6.07) is 4.41. The van der Waals surface area contributed by atoms with Gasteiger partial charge in [0.2, 0.25) is 0 Å². The van der Waals surface area contributed by atoms with Gasteiger partial charge in [-0.15, -0.1) is 0 Å². The monoisotopic (exact) mass is 360 g/mol. The second-order valence-corrected chi connectivity index (χ2v) is 4.92. The molecule has 25 heavy (non-hydrogen) atoms. The molecule has 1 rings (SSSR count). The third-order valence-corrected chi connectivity index (χ3v) is 2.91. The highest BCUT2D eigenvalue weighted by Crippen LogP contribution is 2.29. The maximum absolute atomic E-state index is 12.4. The molecule has 136 valence electrons. The van der Waals surface area contributed by atoms with E-state index in [-0.39, 0.29) is 18.6 Å². The Morgan fingerprint density at radius 2 is 1.68 bits per heavy atom. The molecule has 0 aliphatic heterocycles. The molecule has 0 atom stereocenters. The Kier molecular flexibility index (Phi) is 7.16. The lowest BCUT2D eigenvalue weighted by Gasteiger charge is -2.08. The van der Waals surface area contributed by atoms with Gasteiger partial charge >= 0.3 is 24.1 Å². The van der Waals surface area contributed by atoms with E-state index in [2.05, 4.69) is 11.3 Å². The molecule has 0 aliphatic carbocycles. The summed E-state index contributed by atoms with van der Waals surface area (Å²) in [6.45, 7) is 2.35. The van der Waals surface area contributed by atoms with Crippen molar-refractivity contribution < 1.29 is 42.1 Å². The van der Waals surface area contributed by atoms with Gasteiger partial charge < -0.3 is 14.6 Å². The number of rotatable bonds is 8. The van der Waals surface area contributed by atoms with Crippen molar-refractivity contribution in [3.63, 3.8) is 0 Å². The first-order chi connectivity index (χ1) is 11.6. The average Bonchev–Trinajstić information content (AvgIpc) is 2.52. The molecule has 0 saturated heterocycles. The predicted molar refractivity (Wildman–Crippen MR) is 78.5 cm³/mol. The maximum Gasteiger partial charge on any atom is 0.416 e. The number of carbonyl (C=O) groups is 3. The summed E-state index contributed by atoms with van der Waals surface area (Å²) in [5.74, 6) is -3.16. The van der Waals surface area contributed by atoms with Crippen LogP contribution in [0, 0.1) is 0 Å². The average molecular weight is 360 g/mol. The third-order valence-electron chi connectivity index (χ3n) is 2.91. The molecule has 0 bridgehead atoms. The van der Waals surface area contributed by atoms with Gasteiger partial charge in [-0.2, -0.15) is 13.2 Å². The molecular weight excluding hydrogens is 345 g/mol. The molecule has 0 saturated carbocycles. The quantitative estimate of drug-likeness (QED) is 0.565. The minimum atomic E-state index is -4.42. The second kappa shape index (κ2) is 8.86. The van der Waals surface area contributed by atoms with Crippen molar-refractivity contribution in [1.29, 1.82) is 0 Å².